The Balaban J connectivity index is 1.78. The molecule has 0 aliphatic carbocycles. The fourth-order valence-corrected chi connectivity index (χ4v) is 3.53. The Morgan fingerprint density at radius 3 is 2.29 bits per heavy atom. The lowest BCUT2D eigenvalue weighted by atomic mass is 9.93. The van der Waals surface area contributed by atoms with Crippen molar-refractivity contribution < 1.29 is 9.59 Å². The Kier molecular flexibility index (Phi) is 4.38. The van der Waals surface area contributed by atoms with E-state index in [1.54, 1.807) is 24.3 Å². The molecule has 1 heterocycles. The van der Waals surface area contributed by atoms with Gasteiger partial charge in [0.25, 0.3) is 5.91 Å². The highest BCUT2D eigenvalue weighted by Crippen LogP contribution is 2.34. The Morgan fingerprint density at radius 2 is 1.67 bits per heavy atom. The highest BCUT2D eigenvalue weighted by Gasteiger charge is 2.34. The number of likely N-dealkylation sites (tertiary alicyclic amines) is 1. The number of nitrogens with two attached hydrogens (primary N) is 1. The molecule has 0 unspecified atom stereocenters. The smallest absolute Gasteiger partial charge is 0.254 e. The molecule has 124 valence electrons. The van der Waals surface area contributed by atoms with Crippen molar-refractivity contribution in [2.24, 2.45) is 5.73 Å². The van der Waals surface area contributed by atoms with E-state index in [1.165, 1.54) is 11.1 Å². The van der Waals surface area contributed by atoms with Gasteiger partial charge < -0.3 is 10.6 Å². The molecule has 0 spiro atoms. The van der Waals surface area contributed by atoms with Gasteiger partial charge in [-0.25, -0.2) is 0 Å². The minimum atomic E-state index is -0.483. The van der Waals surface area contributed by atoms with Crippen LogP contribution in [-0.4, -0.2) is 29.3 Å². The van der Waals surface area contributed by atoms with Gasteiger partial charge in [-0.3, -0.25) is 9.59 Å². The maximum absolute atomic E-state index is 12.8. The summed E-state index contributed by atoms with van der Waals surface area (Å²) < 4.78 is 0. The number of hydrogen-bond donors (Lipinski definition) is 1. The van der Waals surface area contributed by atoms with E-state index in [2.05, 4.69) is 32.0 Å². The van der Waals surface area contributed by atoms with Crippen LogP contribution in [0.15, 0.2) is 48.5 Å². The summed E-state index contributed by atoms with van der Waals surface area (Å²) in [5.41, 5.74) is 8.85. The normalized spacial score (nSPS) is 20.2. The van der Waals surface area contributed by atoms with Gasteiger partial charge in [0.1, 0.15) is 0 Å². The molecule has 4 heteroatoms. The average Bonchev–Trinajstić information content (AvgIpc) is 2.96. The van der Waals surface area contributed by atoms with E-state index in [-0.39, 0.29) is 11.9 Å². The molecule has 2 amide bonds. The first-order chi connectivity index (χ1) is 11.5. The lowest BCUT2D eigenvalue weighted by Crippen LogP contribution is -2.34. The number of hydrogen-bond acceptors (Lipinski definition) is 2. The first-order valence-corrected chi connectivity index (χ1v) is 8.23. The molecule has 0 saturated carbocycles. The number of carbonyl (C=O) groups excluding carboxylic acids is 2. The molecule has 3 rings (SSSR count). The molecule has 2 N–H and O–H groups in total. The molecule has 2 atom stereocenters. The molecule has 1 fully saturated rings. The summed E-state index contributed by atoms with van der Waals surface area (Å²) >= 11 is 0. The number of benzene rings is 2. The van der Waals surface area contributed by atoms with E-state index in [1.807, 2.05) is 11.0 Å². The van der Waals surface area contributed by atoms with E-state index in [0.29, 0.717) is 17.0 Å². The van der Waals surface area contributed by atoms with Crippen LogP contribution in [-0.2, 0) is 0 Å². The third-order valence-electron chi connectivity index (χ3n) is 4.88. The quantitative estimate of drug-likeness (QED) is 0.943. The van der Waals surface area contributed by atoms with Crippen LogP contribution in [0.2, 0.25) is 0 Å². The molecule has 2 aromatic rings. The second-order valence-corrected chi connectivity index (χ2v) is 6.54. The van der Waals surface area contributed by atoms with Crippen LogP contribution in [0.25, 0.3) is 0 Å². The zero-order valence-electron chi connectivity index (χ0n) is 14.0. The number of aryl methyl sites for hydroxylation is 1. The Bertz CT molecular complexity index is 767. The Hall–Kier alpha value is -2.62. The molecule has 2 aromatic carbocycles. The standard InChI is InChI=1S/C20H22N2O2/c1-13-5-3-4-6-18(13)17-11-14(2)22(12-17)20(24)16-9-7-15(8-10-16)19(21)23/h3-10,14,17H,11-12H2,1-2H3,(H2,21,23)/t14-,17+/m0/s1. The summed E-state index contributed by atoms with van der Waals surface area (Å²) in [7, 11) is 0. The van der Waals surface area contributed by atoms with Crippen molar-refractivity contribution in [3.63, 3.8) is 0 Å². The van der Waals surface area contributed by atoms with Crippen LogP contribution < -0.4 is 5.73 Å². The summed E-state index contributed by atoms with van der Waals surface area (Å²) in [4.78, 5) is 25.9. The molecule has 0 radical (unpaired) electrons. The SMILES string of the molecule is Cc1ccccc1[C@@H]1C[C@H](C)N(C(=O)c2ccc(C(N)=O)cc2)C1. The lowest BCUT2D eigenvalue weighted by molar-refractivity contribution is 0.0745. The molecular formula is C20H22N2O2. The average molecular weight is 322 g/mol. The van der Waals surface area contributed by atoms with Gasteiger partial charge in [0.2, 0.25) is 5.91 Å². The fourth-order valence-electron chi connectivity index (χ4n) is 3.53. The molecule has 24 heavy (non-hydrogen) atoms. The summed E-state index contributed by atoms with van der Waals surface area (Å²) in [6, 6.07) is 15.1. The van der Waals surface area contributed by atoms with Crippen LogP contribution in [0.5, 0.6) is 0 Å². The molecule has 0 bridgehead atoms. The maximum Gasteiger partial charge on any atom is 0.254 e. The second-order valence-electron chi connectivity index (χ2n) is 6.54. The van der Waals surface area contributed by atoms with Gasteiger partial charge in [-0.2, -0.15) is 0 Å². The van der Waals surface area contributed by atoms with E-state index in [9.17, 15) is 9.59 Å². The van der Waals surface area contributed by atoms with E-state index in [0.717, 1.165) is 13.0 Å². The van der Waals surface area contributed by atoms with Crippen molar-refractivity contribution >= 4 is 11.8 Å². The van der Waals surface area contributed by atoms with Gasteiger partial charge in [0.15, 0.2) is 0 Å². The first-order valence-electron chi connectivity index (χ1n) is 8.23. The monoisotopic (exact) mass is 322 g/mol. The summed E-state index contributed by atoms with van der Waals surface area (Å²) in [6.07, 6.45) is 0.968. The van der Waals surface area contributed by atoms with Crippen molar-refractivity contribution in [3.8, 4) is 0 Å². The second kappa shape index (κ2) is 6.48. The zero-order valence-corrected chi connectivity index (χ0v) is 14.0. The molecule has 4 nitrogen and oxygen atoms in total. The summed E-state index contributed by atoms with van der Waals surface area (Å²) in [5.74, 6) is -0.104. The number of nitrogens with zero attached hydrogens (tertiary/aromatic N) is 1. The minimum Gasteiger partial charge on any atom is -0.366 e. The van der Waals surface area contributed by atoms with Gasteiger partial charge in [0.05, 0.1) is 0 Å². The van der Waals surface area contributed by atoms with Crippen LogP contribution in [0, 0.1) is 6.92 Å². The van der Waals surface area contributed by atoms with E-state index in [4.69, 9.17) is 5.73 Å². The van der Waals surface area contributed by atoms with E-state index >= 15 is 0 Å². The van der Waals surface area contributed by atoms with Gasteiger partial charge in [-0.15, -0.1) is 0 Å². The number of rotatable bonds is 3. The first kappa shape index (κ1) is 16.2. The molecule has 1 aliphatic rings. The van der Waals surface area contributed by atoms with Crippen LogP contribution >= 0.6 is 0 Å². The molecule has 0 aromatic heterocycles. The van der Waals surface area contributed by atoms with Gasteiger partial charge in [-0.05, 0) is 55.7 Å². The molecule has 1 aliphatic heterocycles. The minimum absolute atomic E-state index is 0.00889. The number of amides is 2. The van der Waals surface area contributed by atoms with Crippen molar-refractivity contribution in [2.45, 2.75) is 32.2 Å². The lowest BCUT2D eigenvalue weighted by Gasteiger charge is -2.21. The third-order valence-corrected chi connectivity index (χ3v) is 4.88. The third kappa shape index (κ3) is 3.04. The largest absolute Gasteiger partial charge is 0.366 e. The molecular weight excluding hydrogens is 300 g/mol. The molecule has 1 saturated heterocycles. The highest BCUT2D eigenvalue weighted by atomic mass is 16.2. The maximum atomic E-state index is 12.8. The van der Waals surface area contributed by atoms with Crippen molar-refractivity contribution in [3.05, 3.63) is 70.8 Å². The van der Waals surface area contributed by atoms with Crippen LogP contribution in [0.4, 0.5) is 0 Å². The van der Waals surface area contributed by atoms with Gasteiger partial charge in [-0.1, -0.05) is 24.3 Å². The highest BCUT2D eigenvalue weighted by molar-refractivity contribution is 5.97. The number of primary amides is 1. The Morgan fingerprint density at radius 1 is 1.04 bits per heavy atom. The predicted molar refractivity (Wildman–Crippen MR) is 94.0 cm³/mol. The van der Waals surface area contributed by atoms with Crippen LogP contribution in [0.1, 0.15) is 51.1 Å². The Labute approximate surface area is 142 Å². The van der Waals surface area contributed by atoms with Crippen LogP contribution in [0.3, 0.4) is 0 Å². The summed E-state index contributed by atoms with van der Waals surface area (Å²) in [6.45, 7) is 4.93. The topological polar surface area (TPSA) is 63.4 Å². The zero-order chi connectivity index (χ0) is 17.3. The van der Waals surface area contributed by atoms with Gasteiger partial charge in [0, 0.05) is 29.6 Å². The summed E-state index contributed by atoms with van der Waals surface area (Å²) in [5, 5.41) is 0. The van der Waals surface area contributed by atoms with Crippen molar-refractivity contribution in [2.75, 3.05) is 6.54 Å². The van der Waals surface area contributed by atoms with Crippen molar-refractivity contribution in [1.82, 2.24) is 4.90 Å². The van der Waals surface area contributed by atoms with Gasteiger partial charge >= 0.3 is 0 Å². The fraction of sp³-hybridized carbons (Fsp3) is 0.300. The number of carbonyl (C=O) groups is 2. The van der Waals surface area contributed by atoms with Crippen molar-refractivity contribution in [1.29, 1.82) is 0 Å². The predicted octanol–water partition coefficient (Wildman–Crippen LogP) is 3.11. The van der Waals surface area contributed by atoms with E-state index < -0.39 is 5.91 Å².